The summed E-state index contributed by atoms with van der Waals surface area (Å²) in [6, 6.07) is 20.0. The fourth-order valence-corrected chi connectivity index (χ4v) is 5.79. The Kier molecular flexibility index (Phi) is 5.40. The van der Waals surface area contributed by atoms with E-state index in [4.69, 9.17) is 9.72 Å². The molecule has 4 nitrogen and oxygen atoms in total. The second kappa shape index (κ2) is 8.21. The van der Waals surface area contributed by atoms with E-state index in [1.54, 1.807) is 11.3 Å². The van der Waals surface area contributed by atoms with Gasteiger partial charge in [0.2, 0.25) is 0 Å². The SMILES string of the molecule is O=C(O)[C@]1(c2ccccc2)CC[C@@](OCC2CC2)(c2ncc(-c3ccccc3)s2)CC1. The highest BCUT2D eigenvalue weighted by Gasteiger charge is 2.51. The summed E-state index contributed by atoms with van der Waals surface area (Å²) in [5.74, 6) is -0.0932. The van der Waals surface area contributed by atoms with Crippen molar-refractivity contribution in [1.29, 1.82) is 0 Å². The van der Waals surface area contributed by atoms with E-state index in [1.807, 2.05) is 54.7 Å². The van der Waals surface area contributed by atoms with Crippen LogP contribution in [0.2, 0.25) is 0 Å². The van der Waals surface area contributed by atoms with Gasteiger partial charge in [-0.2, -0.15) is 0 Å². The number of rotatable bonds is 7. The maximum absolute atomic E-state index is 12.4. The monoisotopic (exact) mass is 433 g/mol. The Morgan fingerprint density at radius 1 is 1.00 bits per heavy atom. The van der Waals surface area contributed by atoms with E-state index in [0.29, 0.717) is 31.6 Å². The first-order valence-electron chi connectivity index (χ1n) is 11.1. The number of nitrogens with zero attached hydrogens (tertiary/aromatic N) is 1. The highest BCUT2D eigenvalue weighted by molar-refractivity contribution is 7.15. The molecule has 5 heteroatoms. The van der Waals surface area contributed by atoms with Gasteiger partial charge in [-0.05, 0) is 55.6 Å². The number of hydrogen-bond donors (Lipinski definition) is 1. The molecule has 0 unspecified atom stereocenters. The van der Waals surface area contributed by atoms with Crippen molar-refractivity contribution in [2.75, 3.05) is 6.61 Å². The lowest BCUT2D eigenvalue weighted by Crippen LogP contribution is -2.46. The lowest BCUT2D eigenvalue weighted by atomic mass is 9.65. The minimum absolute atomic E-state index is 0.492. The molecule has 160 valence electrons. The average molecular weight is 434 g/mol. The van der Waals surface area contributed by atoms with Gasteiger partial charge in [0.05, 0.1) is 16.9 Å². The summed E-state index contributed by atoms with van der Waals surface area (Å²) in [4.78, 5) is 18.4. The molecule has 0 aliphatic heterocycles. The van der Waals surface area contributed by atoms with Gasteiger partial charge in [0.1, 0.15) is 10.6 Å². The van der Waals surface area contributed by atoms with Crippen LogP contribution in [0.3, 0.4) is 0 Å². The van der Waals surface area contributed by atoms with Gasteiger partial charge in [0.25, 0.3) is 0 Å². The Hall–Kier alpha value is -2.50. The second-order valence-electron chi connectivity index (χ2n) is 8.90. The highest BCUT2D eigenvalue weighted by atomic mass is 32.1. The average Bonchev–Trinajstić information content (AvgIpc) is 3.52. The minimum atomic E-state index is -0.854. The third kappa shape index (κ3) is 3.92. The number of hydrogen-bond acceptors (Lipinski definition) is 4. The first kappa shape index (κ1) is 20.4. The van der Waals surface area contributed by atoms with Crippen molar-refractivity contribution in [1.82, 2.24) is 4.98 Å². The summed E-state index contributed by atoms with van der Waals surface area (Å²) in [6.07, 6.45) is 6.84. The second-order valence-corrected chi connectivity index (χ2v) is 9.93. The zero-order valence-corrected chi connectivity index (χ0v) is 18.3. The van der Waals surface area contributed by atoms with Crippen molar-refractivity contribution in [3.8, 4) is 10.4 Å². The maximum atomic E-state index is 12.4. The molecule has 2 saturated carbocycles. The fraction of sp³-hybridized carbons (Fsp3) is 0.385. The number of benzene rings is 2. The molecule has 0 radical (unpaired) electrons. The molecule has 1 N–H and O–H groups in total. The van der Waals surface area contributed by atoms with Crippen LogP contribution in [0.4, 0.5) is 0 Å². The number of thiazole rings is 1. The number of ether oxygens (including phenoxy) is 1. The molecule has 1 aromatic heterocycles. The normalized spacial score (nSPS) is 25.9. The largest absolute Gasteiger partial charge is 0.481 e. The Morgan fingerprint density at radius 2 is 1.65 bits per heavy atom. The smallest absolute Gasteiger partial charge is 0.314 e. The molecular formula is C26H27NO3S. The van der Waals surface area contributed by atoms with Gasteiger partial charge in [-0.1, -0.05) is 60.7 Å². The summed E-state index contributed by atoms with van der Waals surface area (Å²) < 4.78 is 6.59. The molecule has 3 aromatic rings. The van der Waals surface area contributed by atoms with Gasteiger partial charge < -0.3 is 9.84 Å². The summed E-state index contributed by atoms with van der Waals surface area (Å²) >= 11 is 1.68. The lowest BCUT2D eigenvalue weighted by molar-refractivity contribution is -0.151. The number of carbonyl (C=O) groups is 1. The third-order valence-electron chi connectivity index (χ3n) is 6.89. The Morgan fingerprint density at radius 3 is 2.26 bits per heavy atom. The predicted molar refractivity (Wildman–Crippen MR) is 122 cm³/mol. The molecule has 0 bridgehead atoms. The molecule has 1 heterocycles. The molecule has 0 saturated heterocycles. The summed E-state index contributed by atoms with van der Waals surface area (Å²) in [7, 11) is 0. The van der Waals surface area contributed by atoms with Crippen molar-refractivity contribution < 1.29 is 14.6 Å². The number of aromatic nitrogens is 1. The van der Waals surface area contributed by atoms with Gasteiger partial charge in [0.15, 0.2) is 0 Å². The van der Waals surface area contributed by atoms with Crippen LogP contribution in [0.1, 0.15) is 49.1 Å². The quantitative estimate of drug-likeness (QED) is 0.494. The van der Waals surface area contributed by atoms with Gasteiger partial charge >= 0.3 is 5.97 Å². The van der Waals surface area contributed by atoms with Gasteiger partial charge in [0, 0.05) is 6.20 Å². The Balaban J connectivity index is 1.45. The van der Waals surface area contributed by atoms with Gasteiger partial charge in [-0.15, -0.1) is 11.3 Å². The number of aliphatic carboxylic acids is 1. The zero-order valence-electron chi connectivity index (χ0n) is 17.5. The van der Waals surface area contributed by atoms with Crippen molar-refractivity contribution in [2.24, 2.45) is 5.92 Å². The first-order chi connectivity index (χ1) is 15.1. The molecule has 0 spiro atoms. The number of carboxylic acids is 1. The molecule has 2 aliphatic carbocycles. The summed E-state index contributed by atoms with van der Waals surface area (Å²) in [5.41, 5.74) is 0.701. The van der Waals surface area contributed by atoms with E-state index in [1.165, 1.54) is 12.8 Å². The summed E-state index contributed by atoms with van der Waals surface area (Å²) in [5, 5.41) is 11.2. The summed E-state index contributed by atoms with van der Waals surface area (Å²) in [6.45, 7) is 0.742. The molecular weight excluding hydrogens is 406 g/mol. The van der Waals surface area contributed by atoms with Crippen LogP contribution in [-0.4, -0.2) is 22.7 Å². The molecule has 5 rings (SSSR count). The van der Waals surface area contributed by atoms with Gasteiger partial charge in [-0.3, -0.25) is 4.79 Å². The fourth-order valence-electron chi connectivity index (χ4n) is 4.67. The third-order valence-corrected chi connectivity index (χ3v) is 8.12. The van der Waals surface area contributed by atoms with Crippen LogP contribution in [0.5, 0.6) is 0 Å². The maximum Gasteiger partial charge on any atom is 0.314 e. The van der Waals surface area contributed by atoms with Gasteiger partial charge in [-0.25, -0.2) is 4.98 Å². The topological polar surface area (TPSA) is 59.4 Å². The van der Waals surface area contributed by atoms with Crippen molar-refractivity contribution in [2.45, 2.75) is 49.5 Å². The lowest BCUT2D eigenvalue weighted by Gasteiger charge is -2.43. The molecule has 0 amide bonds. The molecule has 0 atom stereocenters. The van der Waals surface area contributed by atoms with E-state index in [-0.39, 0.29) is 0 Å². The van der Waals surface area contributed by atoms with E-state index in [2.05, 4.69) is 12.1 Å². The van der Waals surface area contributed by atoms with Crippen molar-refractivity contribution >= 4 is 17.3 Å². The van der Waals surface area contributed by atoms with E-state index < -0.39 is 17.0 Å². The molecule has 2 fully saturated rings. The first-order valence-corrected chi connectivity index (χ1v) is 11.9. The molecule has 2 aromatic carbocycles. The zero-order chi connectivity index (χ0) is 21.3. The van der Waals surface area contributed by atoms with E-state index >= 15 is 0 Å². The van der Waals surface area contributed by atoms with Crippen LogP contribution >= 0.6 is 11.3 Å². The standard InChI is InChI=1S/C26H27NO3S/c28-24(29)25(21-9-5-2-6-10-21)13-15-26(16-14-25,30-18-19-11-12-19)23-27-17-22(31-23)20-7-3-1-4-8-20/h1-10,17,19H,11-16,18H2,(H,28,29)/t25-,26+. The Labute approximate surface area is 186 Å². The van der Waals surface area contributed by atoms with Crippen LogP contribution in [-0.2, 0) is 20.5 Å². The predicted octanol–water partition coefficient (Wildman–Crippen LogP) is 6.03. The van der Waals surface area contributed by atoms with Crippen LogP contribution < -0.4 is 0 Å². The molecule has 31 heavy (non-hydrogen) atoms. The van der Waals surface area contributed by atoms with Crippen molar-refractivity contribution in [3.63, 3.8) is 0 Å². The van der Waals surface area contributed by atoms with Crippen LogP contribution in [0, 0.1) is 5.92 Å². The van der Waals surface area contributed by atoms with E-state index in [0.717, 1.165) is 27.6 Å². The highest BCUT2D eigenvalue weighted by Crippen LogP contribution is 2.51. The van der Waals surface area contributed by atoms with Crippen LogP contribution in [0.15, 0.2) is 66.9 Å². The van der Waals surface area contributed by atoms with Crippen LogP contribution in [0.25, 0.3) is 10.4 Å². The Bertz CT molecular complexity index is 1030. The molecule has 2 aliphatic rings. The number of carboxylic acid groups (broad SMARTS) is 1. The minimum Gasteiger partial charge on any atom is -0.481 e. The van der Waals surface area contributed by atoms with Crippen molar-refractivity contribution in [3.05, 3.63) is 77.4 Å². The van der Waals surface area contributed by atoms with E-state index in [9.17, 15) is 9.90 Å².